The van der Waals surface area contributed by atoms with E-state index in [1.165, 1.54) is 0 Å². The average molecular weight is 235 g/mol. The van der Waals surface area contributed by atoms with E-state index in [0.29, 0.717) is 26.1 Å². The molecule has 1 aliphatic heterocycles. The van der Waals surface area contributed by atoms with Crippen molar-refractivity contribution in [2.24, 2.45) is 0 Å². The van der Waals surface area contributed by atoms with Crippen LogP contribution in [-0.2, 0) is 20.7 Å². The molecule has 1 heterocycles. The summed E-state index contributed by atoms with van der Waals surface area (Å²) in [6.45, 7) is 1.16. The molecule has 0 unspecified atom stereocenters. The standard InChI is InChI=1S/C13H17NO3/c14-13(7-9-16-10-13)12(15)17-8-6-11-4-2-1-3-5-11/h1-5H,6-10,14H2/q+1/t13-/m0/s1. The van der Waals surface area contributed by atoms with Crippen LogP contribution < -0.4 is 5.73 Å². The zero-order chi connectivity index (χ0) is 12.1. The Labute approximate surface area is 101 Å². The van der Waals surface area contributed by atoms with Gasteiger partial charge in [-0.1, -0.05) is 30.3 Å². The van der Waals surface area contributed by atoms with Crippen molar-refractivity contribution in [1.82, 2.24) is 0 Å². The smallest absolute Gasteiger partial charge is 0.375 e. The summed E-state index contributed by atoms with van der Waals surface area (Å²) in [5.74, 6) is -0.356. The lowest BCUT2D eigenvalue weighted by Gasteiger charge is -2.13. The first-order valence-electron chi connectivity index (χ1n) is 5.78. The highest BCUT2D eigenvalue weighted by Gasteiger charge is 2.46. The first-order valence-corrected chi connectivity index (χ1v) is 5.78. The fraction of sp³-hybridized carbons (Fsp3) is 0.462. The van der Waals surface area contributed by atoms with Gasteiger partial charge in [0.05, 0.1) is 13.2 Å². The molecule has 0 spiro atoms. The highest BCUT2D eigenvalue weighted by atomic mass is 16.5. The van der Waals surface area contributed by atoms with Gasteiger partial charge in [-0.3, -0.25) is 0 Å². The van der Waals surface area contributed by atoms with E-state index in [4.69, 9.17) is 15.2 Å². The summed E-state index contributed by atoms with van der Waals surface area (Å²) in [6.07, 6.45) is 1.25. The minimum absolute atomic E-state index is 0.261. The molecule has 2 N–H and O–H groups in total. The van der Waals surface area contributed by atoms with E-state index in [1.807, 2.05) is 30.3 Å². The van der Waals surface area contributed by atoms with Gasteiger partial charge in [-0.05, 0) is 5.56 Å². The minimum Gasteiger partial charge on any atom is -0.461 e. The van der Waals surface area contributed by atoms with Crippen molar-refractivity contribution in [2.75, 3.05) is 19.8 Å². The summed E-state index contributed by atoms with van der Waals surface area (Å²) < 4.78 is 10.3. The fourth-order valence-corrected chi connectivity index (χ4v) is 1.79. The van der Waals surface area contributed by atoms with Crippen molar-refractivity contribution in [3.8, 4) is 0 Å². The third-order valence-electron chi connectivity index (χ3n) is 2.93. The highest BCUT2D eigenvalue weighted by Crippen LogP contribution is 2.15. The molecule has 0 aromatic heterocycles. The number of carbonyl (C=O) groups excluding carboxylic acids is 1. The summed E-state index contributed by atoms with van der Waals surface area (Å²) in [4.78, 5) is 11.7. The van der Waals surface area contributed by atoms with Gasteiger partial charge < -0.3 is 9.47 Å². The Balaban J connectivity index is 1.77. The van der Waals surface area contributed by atoms with E-state index < -0.39 is 5.54 Å². The molecule has 0 amide bonds. The molecule has 1 saturated heterocycles. The number of hydrogen-bond acceptors (Lipinski definition) is 4. The summed E-state index contributed by atoms with van der Waals surface area (Å²) in [5, 5.41) is 0. The maximum Gasteiger partial charge on any atom is 0.375 e. The van der Waals surface area contributed by atoms with Crippen LogP contribution in [0.15, 0.2) is 30.3 Å². The van der Waals surface area contributed by atoms with Crippen LogP contribution >= 0.6 is 0 Å². The number of rotatable bonds is 4. The zero-order valence-corrected chi connectivity index (χ0v) is 9.72. The van der Waals surface area contributed by atoms with Crippen molar-refractivity contribution in [3.05, 3.63) is 35.9 Å². The largest absolute Gasteiger partial charge is 0.461 e. The number of carbonyl (C=O) groups is 1. The van der Waals surface area contributed by atoms with Crippen LogP contribution in [0.25, 0.3) is 0 Å². The van der Waals surface area contributed by atoms with Gasteiger partial charge >= 0.3 is 5.97 Å². The Kier molecular flexibility index (Phi) is 3.76. The SMILES string of the molecule is [NH2+][C@@]1(C(=O)OCCc2ccccc2)CCOC1. The Morgan fingerprint density at radius 1 is 1.41 bits per heavy atom. The second-order valence-corrected chi connectivity index (χ2v) is 4.33. The first kappa shape index (κ1) is 12.1. The Morgan fingerprint density at radius 2 is 2.18 bits per heavy atom. The molecule has 1 aliphatic rings. The molecule has 0 saturated carbocycles. The monoisotopic (exact) mass is 235 g/mol. The minimum atomic E-state index is -0.934. The third kappa shape index (κ3) is 3.05. The van der Waals surface area contributed by atoms with Gasteiger partial charge in [0.2, 0.25) is 0 Å². The van der Waals surface area contributed by atoms with Gasteiger partial charge in [0.25, 0.3) is 5.54 Å². The number of hydrogen-bond donors (Lipinski definition) is 1. The molecule has 0 aliphatic carbocycles. The molecule has 1 fully saturated rings. The average Bonchev–Trinajstić information content (AvgIpc) is 2.79. The molecule has 1 aromatic rings. The van der Waals surface area contributed by atoms with E-state index >= 15 is 0 Å². The van der Waals surface area contributed by atoms with Crippen LogP contribution in [0, 0.1) is 0 Å². The van der Waals surface area contributed by atoms with Gasteiger partial charge in [-0.15, -0.1) is 0 Å². The summed E-state index contributed by atoms with van der Waals surface area (Å²) in [6, 6.07) is 9.90. The Bertz CT molecular complexity index is 372. The van der Waals surface area contributed by atoms with Crippen LogP contribution in [0.4, 0.5) is 0 Å². The van der Waals surface area contributed by atoms with Crippen LogP contribution in [0.2, 0.25) is 0 Å². The molecule has 4 nitrogen and oxygen atoms in total. The van der Waals surface area contributed by atoms with E-state index in [0.717, 1.165) is 5.56 Å². The van der Waals surface area contributed by atoms with Gasteiger partial charge in [0.15, 0.2) is 0 Å². The Morgan fingerprint density at radius 3 is 2.82 bits per heavy atom. The van der Waals surface area contributed by atoms with Crippen LogP contribution in [0.3, 0.4) is 0 Å². The van der Waals surface area contributed by atoms with Crippen molar-refractivity contribution >= 4 is 5.97 Å². The zero-order valence-electron chi connectivity index (χ0n) is 9.72. The quantitative estimate of drug-likeness (QED) is 0.745. The molecule has 91 valence electrons. The maximum atomic E-state index is 11.7. The predicted octanol–water partition coefficient (Wildman–Crippen LogP) is -0.0409. The number of ether oxygens (including phenoxy) is 2. The lowest BCUT2D eigenvalue weighted by Crippen LogP contribution is -2.77. The van der Waals surface area contributed by atoms with E-state index in [1.54, 1.807) is 0 Å². The molecule has 1 radical (unpaired) electrons. The molecular formula is C13H17NO3+. The number of nitrogens with two attached hydrogens (primary N) is 1. The first-order chi connectivity index (χ1) is 8.21. The summed E-state index contributed by atoms with van der Waals surface area (Å²) in [7, 11) is 0. The Hall–Kier alpha value is -1.39. The van der Waals surface area contributed by atoms with Gasteiger partial charge in [-0.2, -0.15) is 5.73 Å². The molecule has 2 rings (SSSR count). The summed E-state index contributed by atoms with van der Waals surface area (Å²) >= 11 is 0. The maximum absolute atomic E-state index is 11.7. The van der Waals surface area contributed by atoms with Crippen molar-refractivity contribution in [2.45, 2.75) is 18.4 Å². The molecular weight excluding hydrogens is 218 g/mol. The van der Waals surface area contributed by atoms with Gasteiger partial charge in [0.1, 0.15) is 6.61 Å². The molecule has 0 bridgehead atoms. The molecule has 17 heavy (non-hydrogen) atoms. The normalized spacial score (nSPS) is 23.6. The topological polar surface area (TPSA) is 60.8 Å². The fourth-order valence-electron chi connectivity index (χ4n) is 1.79. The van der Waals surface area contributed by atoms with Gasteiger partial charge in [0, 0.05) is 12.8 Å². The summed E-state index contributed by atoms with van der Waals surface area (Å²) in [5.41, 5.74) is 6.10. The number of esters is 1. The third-order valence-corrected chi connectivity index (χ3v) is 2.93. The molecule has 1 atom stereocenters. The second-order valence-electron chi connectivity index (χ2n) is 4.33. The molecule has 4 heteroatoms. The second kappa shape index (κ2) is 5.29. The van der Waals surface area contributed by atoms with E-state index in [2.05, 4.69) is 0 Å². The van der Waals surface area contributed by atoms with Crippen molar-refractivity contribution in [3.63, 3.8) is 0 Å². The lowest BCUT2D eigenvalue weighted by atomic mass is 10.0. The van der Waals surface area contributed by atoms with Crippen molar-refractivity contribution in [1.29, 1.82) is 0 Å². The van der Waals surface area contributed by atoms with E-state index in [9.17, 15) is 4.79 Å². The highest BCUT2D eigenvalue weighted by molar-refractivity contribution is 5.79. The van der Waals surface area contributed by atoms with Gasteiger partial charge in [-0.25, -0.2) is 4.79 Å². The van der Waals surface area contributed by atoms with Crippen LogP contribution in [-0.4, -0.2) is 31.3 Å². The van der Waals surface area contributed by atoms with Crippen LogP contribution in [0.1, 0.15) is 12.0 Å². The molecule has 1 aromatic carbocycles. The van der Waals surface area contributed by atoms with E-state index in [-0.39, 0.29) is 12.6 Å². The van der Waals surface area contributed by atoms with Crippen LogP contribution in [0.5, 0.6) is 0 Å². The van der Waals surface area contributed by atoms with Crippen molar-refractivity contribution < 1.29 is 20.0 Å². The predicted molar refractivity (Wildman–Crippen MR) is 61.2 cm³/mol. The number of benzene rings is 1. The lowest BCUT2D eigenvalue weighted by molar-refractivity contribution is -0.459.